The molecule has 0 spiro atoms. The maximum atomic E-state index is 13.3. The van der Waals surface area contributed by atoms with Crippen molar-refractivity contribution in [2.24, 2.45) is 0 Å². The second-order valence-electron chi connectivity index (χ2n) is 6.25. The number of ether oxygens (including phenoxy) is 1. The second kappa shape index (κ2) is 6.95. The third-order valence-corrected chi connectivity index (χ3v) is 4.52. The zero-order chi connectivity index (χ0) is 18.0. The van der Waals surface area contributed by atoms with Crippen LogP contribution >= 0.6 is 0 Å². The largest absolute Gasteiger partial charge is 0.377 e. The third-order valence-electron chi connectivity index (χ3n) is 4.52. The predicted molar refractivity (Wildman–Crippen MR) is 88.0 cm³/mol. The fourth-order valence-electron chi connectivity index (χ4n) is 3.14. The number of nitrogens with zero attached hydrogens (tertiary/aromatic N) is 4. The van der Waals surface area contributed by atoms with Gasteiger partial charge < -0.3 is 25.2 Å². The number of carbonyl (C=O) groups excluding carboxylic acids is 1. The van der Waals surface area contributed by atoms with E-state index in [9.17, 15) is 13.6 Å². The zero-order valence-corrected chi connectivity index (χ0v) is 14.2. The van der Waals surface area contributed by atoms with Crippen LogP contribution in [-0.4, -0.2) is 79.3 Å². The van der Waals surface area contributed by atoms with Crippen molar-refractivity contribution in [3.63, 3.8) is 0 Å². The van der Waals surface area contributed by atoms with Crippen LogP contribution in [0, 0.1) is 0 Å². The van der Waals surface area contributed by atoms with Crippen LogP contribution in [0.4, 0.5) is 25.3 Å². The molecular weight excluding hydrogens is 334 g/mol. The van der Waals surface area contributed by atoms with Crippen molar-refractivity contribution in [3.8, 4) is 0 Å². The zero-order valence-electron chi connectivity index (χ0n) is 14.2. The summed E-state index contributed by atoms with van der Waals surface area (Å²) in [5.74, 6) is -1.59. The predicted octanol–water partition coefficient (Wildman–Crippen LogP) is 0.772. The number of methoxy groups -OCH3 is 1. The minimum Gasteiger partial charge on any atom is -0.377 e. The lowest BCUT2D eigenvalue weighted by molar-refractivity contribution is 0.0150. The monoisotopic (exact) mass is 356 g/mol. The Labute approximate surface area is 144 Å². The van der Waals surface area contributed by atoms with Gasteiger partial charge in [-0.1, -0.05) is 0 Å². The molecule has 0 aromatic carbocycles. The Morgan fingerprint density at radius 2 is 2.24 bits per heavy atom. The number of hydrogen-bond donors (Lipinski definition) is 2. The number of carbonyl (C=O) groups is 1. The Bertz CT molecular complexity index is 632. The van der Waals surface area contributed by atoms with Crippen LogP contribution in [0.15, 0.2) is 12.3 Å². The van der Waals surface area contributed by atoms with E-state index in [2.05, 4.69) is 20.6 Å². The molecular formula is C15H22F2N6O2. The lowest BCUT2D eigenvalue weighted by atomic mass is 10.2. The number of halogens is 2. The Hall–Kier alpha value is -2.23. The van der Waals surface area contributed by atoms with Gasteiger partial charge in [0.15, 0.2) is 0 Å². The van der Waals surface area contributed by atoms with Gasteiger partial charge in [0.1, 0.15) is 5.82 Å². The van der Waals surface area contributed by atoms with Crippen LogP contribution in [0.1, 0.15) is 6.42 Å². The summed E-state index contributed by atoms with van der Waals surface area (Å²) in [5.41, 5.74) is 0. The molecule has 2 atom stereocenters. The van der Waals surface area contributed by atoms with Crippen molar-refractivity contribution in [2.45, 2.75) is 24.5 Å². The first-order valence-electron chi connectivity index (χ1n) is 8.13. The Balaban J connectivity index is 1.64. The quantitative estimate of drug-likeness (QED) is 0.829. The van der Waals surface area contributed by atoms with Crippen molar-refractivity contribution < 1.29 is 18.3 Å². The van der Waals surface area contributed by atoms with Crippen LogP contribution in [0.2, 0.25) is 0 Å². The number of rotatable bonds is 4. The van der Waals surface area contributed by atoms with E-state index >= 15 is 0 Å². The molecule has 2 N–H and O–H groups in total. The topological polar surface area (TPSA) is 82.6 Å². The smallest absolute Gasteiger partial charge is 0.317 e. The van der Waals surface area contributed by atoms with Crippen LogP contribution in [0.5, 0.6) is 0 Å². The molecule has 25 heavy (non-hydrogen) atoms. The molecule has 8 nitrogen and oxygen atoms in total. The van der Waals surface area contributed by atoms with Crippen molar-refractivity contribution >= 4 is 17.8 Å². The summed E-state index contributed by atoms with van der Waals surface area (Å²) in [7, 11) is 3.30. The van der Waals surface area contributed by atoms with Crippen LogP contribution in [0.3, 0.4) is 0 Å². The van der Waals surface area contributed by atoms with Gasteiger partial charge in [-0.2, -0.15) is 4.98 Å². The van der Waals surface area contributed by atoms with Crippen molar-refractivity contribution in [1.82, 2.24) is 20.2 Å². The van der Waals surface area contributed by atoms with Gasteiger partial charge in [-0.05, 0) is 6.07 Å². The molecule has 3 rings (SSSR count). The summed E-state index contributed by atoms with van der Waals surface area (Å²) in [6.07, 6.45) is 1.10. The highest BCUT2D eigenvalue weighted by Gasteiger charge is 2.42. The molecule has 2 saturated heterocycles. The third kappa shape index (κ3) is 3.89. The number of urea groups is 1. The molecule has 1 aromatic heterocycles. The maximum absolute atomic E-state index is 13.3. The van der Waals surface area contributed by atoms with E-state index in [0.29, 0.717) is 24.9 Å². The summed E-state index contributed by atoms with van der Waals surface area (Å²) in [5, 5.41) is 5.69. The SMILES string of the molecule is CNc1nccc(N2C[C@H](OC)[C@H](NC(=O)N3CCC(F)(F)C3)C2)n1. The van der Waals surface area contributed by atoms with Gasteiger partial charge in [-0.3, -0.25) is 0 Å². The van der Waals surface area contributed by atoms with Gasteiger partial charge >= 0.3 is 6.03 Å². The lowest BCUT2D eigenvalue weighted by Gasteiger charge is -2.23. The highest BCUT2D eigenvalue weighted by molar-refractivity contribution is 5.75. The number of amides is 2. The van der Waals surface area contributed by atoms with E-state index in [1.165, 1.54) is 0 Å². The fraction of sp³-hybridized carbons (Fsp3) is 0.667. The van der Waals surface area contributed by atoms with E-state index in [1.54, 1.807) is 26.4 Å². The molecule has 10 heteroatoms. The Morgan fingerprint density at radius 3 is 2.88 bits per heavy atom. The molecule has 0 aliphatic carbocycles. The van der Waals surface area contributed by atoms with Gasteiger partial charge in [0.05, 0.1) is 18.7 Å². The van der Waals surface area contributed by atoms with E-state index < -0.39 is 18.5 Å². The summed E-state index contributed by atoms with van der Waals surface area (Å²) in [6, 6.07) is 0.989. The lowest BCUT2D eigenvalue weighted by Crippen LogP contribution is -2.49. The van der Waals surface area contributed by atoms with Gasteiger partial charge in [-0.15, -0.1) is 0 Å². The molecule has 2 fully saturated rings. The first-order chi connectivity index (χ1) is 11.9. The van der Waals surface area contributed by atoms with Gasteiger partial charge in [-0.25, -0.2) is 18.6 Å². The van der Waals surface area contributed by atoms with E-state index in [-0.39, 0.29) is 25.1 Å². The summed E-state index contributed by atoms with van der Waals surface area (Å²) in [4.78, 5) is 23.8. The summed E-state index contributed by atoms with van der Waals surface area (Å²) < 4.78 is 32.0. The van der Waals surface area contributed by atoms with E-state index in [4.69, 9.17) is 4.74 Å². The number of anilines is 2. The van der Waals surface area contributed by atoms with Crippen LogP contribution < -0.4 is 15.5 Å². The van der Waals surface area contributed by atoms with Crippen LogP contribution in [-0.2, 0) is 4.74 Å². The molecule has 3 heterocycles. The minimum atomic E-state index is -2.80. The molecule has 138 valence electrons. The van der Waals surface area contributed by atoms with Crippen molar-refractivity contribution in [3.05, 3.63) is 12.3 Å². The molecule has 0 bridgehead atoms. The molecule has 2 aliphatic rings. The molecule has 0 radical (unpaired) electrons. The van der Waals surface area contributed by atoms with Gasteiger partial charge in [0.2, 0.25) is 5.95 Å². The molecule has 2 aliphatic heterocycles. The summed E-state index contributed by atoms with van der Waals surface area (Å²) >= 11 is 0. The number of hydrogen-bond acceptors (Lipinski definition) is 6. The first-order valence-corrected chi connectivity index (χ1v) is 8.13. The number of nitrogens with one attached hydrogen (secondary N) is 2. The standard InChI is InChI=1S/C15H22F2N6O2/c1-18-13-19-5-3-12(21-13)23-7-10(11(8-23)25-2)20-14(24)22-6-4-15(16,17)9-22/h3,5,10-11H,4,6-9H2,1-2H3,(H,20,24)(H,18,19,21)/t10-,11+/m1/s1. The normalized spacial score (nSPS) is 25.3. The molecule has 2 amide bonds. The van der Waals surface area contributed by atoms with Crippen LogP contribution in [0.25, 0.3) is 0 Å². The average Bonchev–Trinajstić information content (AvgIpc) is 3.17. The molecule has 0 saturated carbocycles. The number of likely N-dealkylation sites (tertiary alicyclic amines) is 1. The number of alkyl halides is 2. The highest BCUT2D eigenvalue weighted by Crippen LogP contribution is 2.27. The maximum Gasteiger partial charge on any atom is 0.317 e. The second-order valence-corrected chi connectivity index (χ2v) is 6.25. The summed E-state index contributed by atoms with van der Waals surface area (Å²) in [6.45, 7) is 0.543. The Kier molecular flexibility index (Phi) is 4.89. The average molecular weight is 356 g/mol. The first kappa shape index (κ1) is 17.6. The highest BCUT2D eigenvalue weighted by atomic mass is 19.3. The molecule has 0 unspecified atom stereocenters. The van der Waals surface area contributed by atoms with Gasteiger partial charge in [0.25, 0.3) is 5.92 Å². The van der Waals surface area contributed by atoms with Crippen molar-refractivity contribution in [2.75, 3.05) is 50.6 Å². The number of aromatic nitrogens is 2. The van der Waals surface area contributed by atoms with Gasteiger partial charge in [0, 0.05) is 46.4 Å². The van der Waals surface area contributed by atoms with Crippen molar-refractivity contribution in [1.29, 1.82) is 0 Å². The fourth-order valence-corrected chi connectivity index (χ4v) is 3.14. The van der Waals surface area contributed by atoms with E-state index in [0.717, 1.165) is 4.90 Å². The molecule has 1 aromatic rings. The van der Waals surface area contributed by atoms with E-state index in [1.807, 2.05) is 4.90 Å². The Morgan fingerprint density at radius 1 is 1.44 bits per heavy atom. The minimum absolute atomic E-state index is 0.0599.